The lowest BCUT2D eigenvalue weighted by Gasteiger charge is -2.18. The highest BCUT2D eigenvalue weighted by molar-refractivity contribution is 5.67. The second kappa shape index (κ2) is 4.33. The molecule has 2 aromatic rings. The van der Waals surface area contributed by atoms with Crippen LogP contribution < -0.4 is 10.5 Å². The number of hydrogen-bond donors (Lipinski definition) is 1. The second-order valence-electron chi connectivity index (χ2n) is 4.70. The van der Waals surface area contributed by atoms with Gasteiger partial charge in [0.05, 0.1) is 6.61 Å². The van der Waals surface area contributed by atoms with Crippen LogP contribution in [0.25, 0.3) is 11.1 Å². The number of hydrogen-bond acceptors (Lipinski definition) is 3. The zero-order valence-corrected chi connectivity index (χ0v) is 10.4. The van der Waals surface area contributed by atoms with Crippen LogP contribution in [0.15, 0.2) is 30.5 Å². The van der Waals surface area contributed by atoms with Crippen LogP contribution in [-0.4, -0.2) is 11.6 Å². The van der Waals surface area contributed by atoms with Crippen molar-refractivity contribution < 1.29 is 4.74 Å². The lowest BCUT2D eigenvalue weighted by molar-refractivity contribution is 0.288. The molecule has 0 unspecified atom stereocenters. The Hall–Kier alpha value is -2.03. The van der Waals surface area contributed by atoms with Crippen LogP contribution in [0.1, 0.15) is 17.5 Å². The first kappa shape index (κ1) is 11.1. The van der Waals surface area contributed by atoms with E-state index in [1.165, 1.54) is 11.1 Å². The molecule has 1 aromatic heterocycles. The Labute approximate surface area is 107 Å². The lowest BCUT2D eigenvalue weighted by atomic mass is 9.99. The summed E-state index contributed by atoms with van der Waals surface area (Å²) in [5.74, 6) is 1.62. The summed E-state index contributed by atoms with van der Waals surface area (Å²) < 4.78 is 5.62. The van der Waals surface area contributed by atoms with E-state index in [-0.39, 0.29) is 0 Å². The molecular weight excluding hydrogens is 224 g/mol. The summed E-state index contributed by atoms with van der Waals surface area (Å²) in [7, 11) is 0. The molecule has 0 aliphatic carbocycles. The average molecular weight is 240 g/mol. The highest BCUT2D eigenvalue weighted by Crippen LogP contribution is 2.30. The van der Waals surface area contributed by atoms with Crippen molar-refractivity contribution in [2.75, 3.05) is 12.3 Å². The minimum absolute atomic E-state index is 0.597. The summed E-state index contributed by atoms with van der Waals surface area (Å²) in [5.41, 5.74) is 10.3. The number of ether oxygens (including phenoxy) is 1. The van der Waals surface area contributed by atoms with Gasteiger partial charge in [-0.05, 0) is 54.7 Å². The maximum Gasteiger partial charge on any atom is 0.126 e. The second-order valence-corrected chi connectivity index (χ2v) is 4.70. The summed E-state index contributed by atoms with van der Waals surface area (Å²) in [6.07, 6.45) is 4.01. The quantitative estimate of drug-likeness (QED) is 0.833. The fourth-order valence-corrected chi connectivity index (χ4v) is 2.28. The van der Waals surface area contributed by atoms with E-state index in [2.05, 4.69) is 29.2 Å². The van der Waals surface area contributed by atoms with Crippen LogP contribution in [-0.2, 0) is 6.42 Å². The molecule has 2 N–H and O–H groups in total. The smallest absolute Gasteiger partial charge is 0.126 e. The molecule has 3 nitrogen and oxygen atoms in total. The van der Waals surface area contributed by atoms with Gasteiger partial charge in [-0.2, -0.15) is 0 Å². The van der Waals surface area contributed by atoms with Crippen LogP contribution in [0.2, 0.25) is 0 Å². The van der Waals surface area contributed by atoms with Gasteiger partial charge >= 0.3 is 0 Å². The van der Waals surface area contributed by atoms with Gasteiger partial charge in [0, 0.05) is 11.8 Å². The Morgan fingerprint density at radius 3 is 2.94 bits per heavy atom. The number of nitrogens with two attached hydrogens (primary N) is 1. The summed E-state index contributed by atoms with van der Waals surface area (Å²) in [6.45, 7) is 2.81. The summed E-state index contributed by atoms with van der Waals surface area (Å²) in [6, 6.07) is 8.40. The van der Waals surface area contributed by atoms with Crippen molar-refractivity contribution in [3.63, 3.8) is 0 Å². The lowest BCUT2D eigenvalue weighted by Crippen LogP contribution is -2.08. The van der Waals surface area contributed by atoms with E-state index in [9.17, 15) is 0 Å². The van der Waals surface area contributed by atoms with Crippen molar-refractivity contribution in [2.45, 2.75) is 19.8 Å². The van der Waals surface area contributed by atoms with Crippen molar-refractivity contribution in [2.24, 2.45) is 0 Å². The zero-order chi connectivity index (χ0) is 12.5. The number of nitrogen functional groups attached to an aromatic ring is 1. The molecular formula is C15H16N2O. The third kappa shape index (κ3) is 1.92. The standard InChI is InChI=1S/C15H16N2O/c1-10-7-13(9-17-15(10)16)11-4-5-14-12(8-11)3-2-6-18-14/h4-5,7-9H,2-3,6H2,1H3,(H2,16,17). The number of aromatic nitrogens is 1. The van der Waals surface area contributed by atoms with Gasteiger partial charge in [0.2, 0.25) is 0 Å². The molecule has 0 radical (unpaired) electrons. The van der Waals surface area contributed by atoms with Crippen molar-refractivity contribution in [3.8, 4) is 16.9 Å². The highest BCUT2D eigenvalue weighted by atomic mass is 16.5. The van der Waals surface area contributed by atoms with Gasteiger partial charge in [-0.1, -0.05) is 6.07 Å². The SMILES string of the molecule is Cc1cc(-c2ccc3c(c2)CCCO3)cnc1N. The van der Waals surface area contributed by atoms with Gasteiger partial charge in [-0.15, -0.1) is 0 Å². The molecule has 92 valence electrons. The van der Waals surface area contributed by atoms with Crippen LogP contribution in [0, 0.1) is 6.92 Å². The van der Waals surface area contributed by atoms with E-state index in [0.717, 1.165) is 36.3 Å². The van der Waals surface area contributed by atoms with E-state index < -0.39 is 0 Å². The van der Waals surface area contributed by atoms with Gasteiger partial charge < -0.3 is 10.5 Å². The molecule has 0 fully saturated rings. The summed E-state index contributed by atoms with van der Waals surface area (Å²) >= 11 is 0. The molecule has 0 saturated carbocycles. The minimum atomic E-state index is 0.597. The fraction of sp³-hybridized carbons (Fsp3) is 0.267. The summed E-state index contributed by atoms with van der Waals surface area (Å²) in [5, 5.41) is 0. The van der Waals surface area contributed by atoms with Crippen LogP contribution in [0.4, 0.5) is 5.82 Å². The Balaban J connectivity index is 2.03. The fourth-order valence-electron chi connectivity index (χ4n) is 2.28. The van der Waals surface area contributed by atoms with E-state index in [0.29, 0.717) is 5.82 Å². The van der Waals surface area contributed by atoms with Gasteiger partial charge in [0.25, 0.3) is 0 Å². The molecule has 3 rings (SSSR count). The minimum Gasteiger partial charge on any atom is -0.493 e. The van der Waals surface area contributed by atoms with Crippen molar-refractivity contribution >= 4 is 5.82 Å². The number of nitrogens with zero attached hydrogens (tertiary/aromatic N) is 1. The first-order chi connectivity index (χ1) is 8.74. The molecule has 1 aromatic carbocycles. The number of anilines is 1. The zero-order valence-electron chi connectivity index (χ0n) is 10.4. The molecule has 0 atom stereocenters. The number of fused-ring (bicyclic) bond motifs is 1. The van der Waals surface area contributed by atoms with Crippen molar-refractivity contribution in [1.29, 1.82) is 0 Å². The van der Waals surface area contributed by atoms with Gasteiger partial charge in [0.1, 0.15) is 11.6 Å². The average Bonchev–Trinajstić information content (AvgIpc) is 2.41. The Morgan fingerprint density at radius 2 is 2.11 bits per heavy atom. The predicted octanol–water partition coefficient (Wildman–Crippen LogP) is 2.96. The maximum absolute atomic E-state index is 5.75. The Bertz CT molecular complexity index is 593. The number of aryl methyl sites for hydroxylation is 2. The predicted molar refractivity (Wildman–Crippen MR) is 72.6 cm³/mol. The first-order valence-electron chi connectivity index (χ1n) is 6.22. The van der Waals surface area contributed by atoms with Crippen LogP contribution in [0.5, 0.6) is 5.75 Å². The number of benzene rings is 1. The third-order valence-corrected chi connectivity index (χ3v) is 3.36. The molecule has 1 aliphatic heterocycles. The Morgan fingerprint density at radius 1 is 1.22 bits per heavy atom. The molecule has 0 spiro atoms. The molecule has 18 heavy (non-hydrogen) atoms. The maximum atomic E-state index is 5.75. The molecule has 1 aliphatic rings. The normalized spacial score (nSPS) is 13.8. The van der Waals surface area contributed by atoms with Crippen molar-refractivity contribution in [3.05, 3.63) is 41.6 Å². The summed E-state index contributed by atoms with van der Waals surface area (Å²) in [4.78, 5) is 4.21. The number of rotatable bonds is 1. The highest BCUT2D eigenvalue weighted by Gasteiger charge is 2.11. The number of pyridine rings is 1. The molecule has 0 amide bonds. The van der Waals surface area contributed by atoms with E-state index in [4.69, 9.17) is 10.5 Å². The largest absolute Gasteiger partial charge is 0.493 e. The first-order valence-corrected chi connectivity index (χ1v) is 6.22. The molecule has 2 heterocycles. The van der Waals surface area contributed by atoms with Crippen LogP contribution in [0.3, 0.4) is 0 Å². The van der Waals surface area contributed by atoms with Crippen LogP contribution >= 0.6 is 0 Å². The van der Waals surface area contributed by atoms with E-state index in [1.807, 2.05) is 13.1 Å². The van der Waals surface area contributed by atoms with Crippen molar-refractivity contribution in [1.82, 2.24) is 4.98 Å². The third-order valence-electron chi connectivity index (χ3n) is 3.36. The van der Waals surface area contributed by atoms with Gasteiger partial charge in [-0.3, -0.25) is 0 Å². The molecule has 0 bridgehead atoms. The van der Waals surface area contributed by atoms with Gasteiger partial charge in [-0.25, -0.2) is 4.98 Å². The Kier molecular flexibility index (Phi) is 2.67. The molecule has 0 saturated heterocycles. The van der Waals surface area contributed by atoms with E-state index >= 15 is 0 Å². The van der Waals surface area contributed by atoms with E-state index in [1.54, 1.807) is 0 Å². The molecule has 3 heteroatoms. The topological polar surface area (TPSA) is 48.1 Å². The monoisotopic (exact) mass is 240 g/mol. The van der Waals surface area contributed by atoms with Gasteiger partial charge in [0.15, 0.2) is 0 Å².